The maximum Gasteiger partial charge on any atom is 0.124 e. The Morgan fingerprint density at radius 1 is 1.25 bits per heavy atom. The molecule has 1 aromatic carbocycles. The minimum atomic E-state index is -1.17. The van der Waals surface area contributed by atoms with Gasteiger partial charge in [0.15, 0.2) is 0 Å². The molecule has 3 nitrogen and oxygen atoms in total. The van der Waals surface area contributed by atoms with Crippen LogP contribution in [0.2, 0.25) is 0 Å². The van der Waals surface area contributed by atoms with Crippen molar-refractivity contribution in [3.63, 3.8) is 0 Å². The molecule has 1 spiro atoms. The van der Waals surface area contributed by atoms with Crippen molar-refractivity contribution in [3.05, 3.63) is 30.1 Å². The molecule has 0 saturated carbocycles. The fraction of sp³-hybridized carbons (Fsp3) is 0.600. The molecule has 5 heteroatoms. The van der Waals surface area contributed by atoms with Crippen LogP contribution in [-0.4, -0.2) is 34.9 Å². The van der Waals surface area contributed by atoms with Gasteiger partial charge in [-0.15, -0.1) is 0 Å². The van der Waals surface area contributed by atoms with Gasteiger partial charge >= 0.3 is 0 Å². The van der Waals surface area contributed by atoms with Crippen LogP contribution in [0.25, 0.3) is 0 Å². The Bertz CT molecular complexity index is 494. The quantitative estimate of drug-likeness (QED) is 0.842. The summed E-state index contributed by atoms with van der Waals surface area (Å²) in [6, 6.07) is 6.12. The van der Waals surface area contributed by atoms with E-state index in [1.165, 1.54) is 12.1 Å². The normalized spacial score (nSPS) is 27.4. The van der Waals surface area contributed by atoms with E-state index in [0.29, 0.717) is 24.7 Å². The Morgan fingerprint density at radius 3 is 2.80 bits per heavy atom. The van der Waals surface area contributed by atoms with E-state index >= 15 is 0 Å². The second kappa shape index (κ2) is 5.92. The van der Waals surface area contributed by atoms with Crippen LogP contribution in [-0.2, 0) is 20.3 Å². The Balaban J connectivity index is 1.74. The second-order valence-electron chi connectivity index (χ2n) is 5.51. The van der Waals surface area contributed by atoms with Crippen molar-refractivity contribution in [3.8, 4) is 0 Å². The van der Waals surface area contributed by atoms with Crippen molar-refractivity contribution in [2.24, 2.45) is 0 Å². The van der Waals surface area contributed by atoms with Gasteiger partial charge in [-0.1, -0.05) is 6.07 Å². The highest BCUT2D eigenvalue weighted by Crippen LogP contribution is 2.37. The third-order valence-electron chi connectivity index (χ3n) is 4.18. The predicted octanol–water partition coefficient (Wildman–Crippen LogP) is 2.66. The largest absolute Gasteiger partial charge is 0.381 e. The zero-order valence-corrected chi connectivity index (χ0v) is 12.2. The molecule has 20 heavy (non-hydrogen) atoms. The van der Waals surface area contributed by atoms with Gasteiger partial charge < -0.3 is 9.47 Å². The molecule has 110 valence electrons. The van der Waals surface area contributed by atoms with Gasteiger partial charge in [-0.25, -0.2) is 4.39 Å². The van der Waals surface area contributed by atoms with E-state index in [2.05, 4.69) is 0 Å². The minimum Gasteiger partial charge on any atom is -0.381 e. The Morgan fingerprint density at radius 2 is 2.05 bits per heavy atom. The molecule has 0 aliphatic carbocycles. The predicted molar refractivity (Wildman–Crippen MR) is 74.6 cm³/mol. The van der Waals surface area contributed by atoms with Crippen molar-refractivity contribution in [2.45, 2.75) is 41.4 Å². The molecule has 2 fully saturated rings. The maximum absolute atomic E-state index is 13.3. The molecular formula is C15H19FO3S. The van der Waals surface area contributed by atoms with Gasteiger partial charge in [0.05, 0.1) is 16.4 Å². The second-order valence-corrected chi connectivity index (χ2v) is 7.25. The Kier molecular flexibility index (Phi) is 4.19. The summed E-state index contributed by atoms with van der Waals surface area (Å²) in [7, 11) is -1.17. The third-order valence-corrected chi connectivity index (χ3v) is 5.91. The highest BCUT2D eigenvalue weighted by molar-refractivity contribution is 7.85. The van der Waals surface area contributed by atoms with Crippen molar-refractivity contribution < 1.29 is 18.1 Å². The molecule has 0 amide bonds. The van der Waals surface area contributed by atoms with E-state index in [4.69, 9.17) is 9.47 Å². The lowest BCUT2D eigenvalue weighted by Gasteiger charge is -2.43. The first kappa shape index (κ1) is 14.2. The molecule has 2 unspecified atom stereocenters. The number of rotatable bonds is 2. The van der Waals surface area contributed by atoms with Gasteiger partial charge in [-0.05, 0) is 43.9 Å². The van der Waals surface area contributed by atoms with Crippen LogP contribution >= 0.6 is 0 Å². The molecule has 0 aromatic heterocycles. The number of ether oxygens (including phenoxy) is 2. The summed E-state index contributed by atoms with van der Waals surface area (Å²) in [5.41, 5.74) is -0.176. The zero-order chi connectivity index (χ0) is 14.0. The number of hydrogen-bond acceptors (Lipinski definition) is 3. The fourth-order valence-corrected chi connectivity index (χ4v) is 4.63. The van der Waals surface area contributed by atoms with E-state index in [1.807, 2.05) is 0 Å². The molecule has 2 aliphatic heterocycles. The average molecular weight is 298 g/mol. The molecule has 2 heterocycles. The van der Waals surface area contributed by atoms with Gasteiger partial charge in [0.2, 0.25) is 0 Å². The summed E-state index contributed by atoms with van der Waals surface area (Å²) in [5, 5.41) is 0.0450. The van der Waals surface area contributed by atoms with Gasteiger partial charge in [-0.3, -0.25) is 4.21 Å². The summed E-state index contributed by atoms with van der Waals surface area (Å²) < 4.78 is 37.2. The lowest BCUT2D eigenvalue weighted by Crippen LogP contribution is -2.46. The minimum absolute atomic E-state index is 0.0450. The number of halogens is 1. The van der Waals surface area contributed by atoms with Crippen molar-refractivity contribution in [2.75, 3.05) is 19.8 Å². The summed E-state index contributed by atoms with van der Waals surface area (Å²) in [5.74, 6) is -0.330. The highest BCUT2D eigenvalue weighted by atomic mass is 32.2. The maximum atomic E-state index is 13.3. The molecular weight excluding hydrogens is 279 g/mol. The lowest BCUT2D eigenvalue weighted by atomic mass is 9.86. The first-order valence-corrected chi connectivity index (χ1v) is 8.28. The van der Waals surface area contributed by atoms with Crippen molar-refractivity contribution >= 4 is 10.8 Å². The van der Waals surface area contributed by atoms with E-state index in [9.17, 15) is 8.60 Å². The van der Waals surface area contributed by atoms with Gasteiger partial charge in [0.1, 0.15) is 5.82 Å². The first-order chi connectivity index (χ1) is 9.69. The SMILES string of the molecule is O=S(c1cccc(F)c1)C1CCOC2(CCOCC2)C1. The van der Waals surface area contributed by atoms with Gasteiger partial charge in [0, 0.05) is 30.0 Å². The first-order valence-electron chi connectivity index (χ1n) is 7.06. The van der Waals surface area contributed by atoms with Crippen molar-refractivity contribution in [1.29, 1.82) is 0 Å². The topological polar surface area (TPSA) is 35.5 Å². The molecule has 2 atom stereocenters. The molecule has 0 N–H and O–H groups in total. The lowest BCUT2D eigenvalue weighted by molar-refractivity contribution is -0.131. The molecule has 0 bridgehead atoms. The van der Waals surface area contributed by atoms with Crippen molar-refractivity contribution in [1.82, 2.24) is 0 Å². The fourth-order valence-electron chi connectivity index (χ4n) is 3.04. The molecule has 0 radical (unpaired) electrons. The summed E-state index contributed by atoms with van der Waals surface area (Å²) in [6.07, 6.45) is 3.28. The average Bonchev–Trinajstić information content (AvgIpc) is 2.47. The summed E-state index contributed by atoms with van der Waals surface area (Å²) >= 11 is 0. The number of hydrogen-bond donors (Lipinski definition) is 0. The standard InChI is InChI=1S/C15H19FO3S/c16-12-2-1-3-13(10-12)20(17)14-4-7-19-15(11-14)5-8-18-9-6-15/h1-3,10,14H,4-9,11H2. The van der Waals surface area contributed by atoms with Crippen LogP contribution in [0.1, 0.15) is 25.7 Å². The van der Waals surface area contributed by atoms with E-state index in [0.717, 1.165) is 25.7 Å². The molecule has 1 aromatic rings. The van der Waals surface area contributed by atoms with E-state index in [1.54, 1.807) is 12.1 Å². The van der Waals surface area contributed by atoms with Crippen LogP contribution in [0.15, 0.2) is 29.2 Å². The van der Waals surface area contributed by atoms with Crippen LogP contribution in [0, 0.1) is 5.82 Å². The molecule has 2 saturated heterocycles. The highest BCUT2D eigenvalue weighted by Gasteiger charge is 2.41. The summed E-state index contributed by atoms with van der Waals surface area (Å²) in [4.78, 5) is 0.583. The van der Waals surface area contributed by atoms with E-state index in [-0.39, 0.29) is 16.7 Å². The molecule has 3 rings (SSSR count). The van der Waals surface area contributed by atoms with Crippen LogP contribution in [0.4, 0.5) is 4.39 Å². The third kappa shape index (κ3) is 2.95. The monoisotopic (exact) mass is 298 g/mol. The smallest absolute Gasteiger partial charge is 0.124 e. The Labute approximate surface area is 120 Å². The zero-order valence-electron chi connectivity index (χ0n) is 11.3. The van der Waals surface area contributed by atoms with Crippen LogP contribution < -0.4 is 0 Å². The van der Waals surface area contributed by atoms with Gasteiger partial charge in [-0.2, -0.15) is 0 Å². The summed E-state index contributed by atoms with van der Waals surface area (Å²) in [6.45, 7) is 2.05. The van der Waals surface area contributed by atoms with Gasteiger partial charge in [0.25, 0.3) is 0 Å². The van der Waals surface area contributed by atoms with Crippen LogP contribution in [0.3, 0.4) is 0 Å². The van der Waals surface area contributed by atoms with E-state index < -0.39 is 10.8 Å². The van der Waals surface area contributed by atoms with Crippen LogP contribution in [0.5, 0.6) is 0 Å². The number of benzene rings is 1. The Hall–Kier alpha value is -0.780. The molecule has 2 aliphatic rings.